The Hall–Kier alpha value is -1.44. The summed E-state index contributed by atoms with van der Waals surface area (Å²) in [6.07, 6.45) is 2.56. The molecule has 1 heterocycles. The Morgan fingerprint density at radius 1 is 1.38 bits per heavy atom. The van der Waals surface area contributed by atoms with Crippen LogP contribution < -0.4 is 5.32 Å². The van der Waals surface area contributed by atoms with Crippen molar-refractivity contribution in [1.29, 1.82) is 0 Å². The fraction of sp³-hybridized carbons (Fsp3) is 0.300. The molecule has 0 fully saturated rings. The minimum atomic E-state index is 0.704. The van der Waals surface area contributed by atoms with E-state index < -0.39 is 0 Å². The maximum atomic E-state index is 10.0. The van der Waals surface area contributed by atoms with Gasteiger partial charge in [0.2, 0.25) is 6.08 Å². The highest BCUT2D eigenvalue weighted by atomic mass is 16.1. The van der Waals surface area contributed by atoms with Gasteiger partial charge in [0.25, 0.3) is 0 Å². The summed E-state index contributed by atoms with van der Waals surface area (Å²) in [5, 5.41) is 3.28. The Bertz CT molecular complexity index is 367. The first-order valence-electron chi connectivity index (χ1n) is 4.30. The maximum absolute atomic E-state index is 10.0. The zero-order valence-electron chi connectivity index (χ0n) is 7.21. The van der Waals surface area contributed by atoms with Crippen molar-refractivity contribution in [2.45, 2.75) is 13.0 Å². The van der Waals surface area contributed by atoms with Crippen LogP contribution in [0.5, 0.6) is 0 Å². The van der Waals surface area contributed by atoms with Crippen LogP contribution in [0.4, 0.5) is 5.69 Å². The molecule has 0 saturated carbocycles. The van der Waals surface area contributed by atoms with Gasteiger partial charge in [0.05, 0.1) is 5.69 Å². The average molecular weight is 174 g/mol. The van der Waals surface area contributed by atoms with E-state index in [9.17, 15) is 4.79 Å². The third kappa shape index (κ3) is 1.66. The van der Waals surface area contributed by atoms with Gasteiger partial charge in [-0.3, -0.25) is 0 Å². The van der Waals surface area contributed by atoms with Gasteiger partial charge in [-0.25, -0.2) is 4.79 Å². The molecule has 1 N–H and O–H groups in total. The highest BCUT2D eigenvalue weighted by Crippen LogP contribution is 2.20. The number of rotatable bonds is 1. The Morgan fingerprint density at radius 2 is 2.31 bits per heavy atom. The molecule has 1 aromatic carbocycles. The Labute approximate surface area is 76.5 Å². The molecule has 0 aromatic heterocycles. The lowest BCUT2D eigenvalue weighted by Crippen LogP contribution is -2.23. The summed E-state index contributed by atoms with van der Waals surface area (Å²) in [5.74, 6) is 0. The third-order valence-electron chi connectivity index (χ3n) is 2.25. The monoisotopic (exact) mass is 174 g/mol. The van der Waals surface area contributed by atoms with Crippen LogP contribution in [0.2, 0.25) is 0 Å². The van der Waals surface area contributed by atoms with Gasteiger partial charge in [-0.15, -0.1) is 0 Å². The number of aliphatic imine (C=N–C) groups is 1. The van der Waals surface area contributed by atoms with Gasteiger partial charge >= 0.3 is 0 Å². The van der Waals surface area contributed by atoms with Gasteiger partial charge in [-0.2, -0.15) is 4.99 Å². The number of isocyanates is 1. The van der Waals surface area contributed by atoms with E-state index in [1.807, 2.05) is 18.2 Å². The zero-order chi connectivity index (χ0) is 9.10. The second kappa shape index (κ2) is 3.52. The third-order valence-corrected chi connectivity index (χ3v) is 2.25. The molecule has 0 bridgehead atoms. The minimum Gasteiger partial charge on any atom is -0.312 e. The second-order valence-corrected chi connectivity index (χ2v) is 3.08. The van der Waals surface area contributed by atoms with Crippen molar-refractivity contribution in [3.63, 3.8) is 0 Å². The van der Waals surface area contributed by atoms with E-state index in [1.54, 1.807) is 6.08 Å². The smallest absolute Gasteiger partial charge is 0.240 e. The summed E-state index contributed by atoms with van der Waals surface area (Å²) in [7, 11) is 0. The number of nitrogens with zero attached hydrogens (tertiary/aromatic N) is 1. The highest BCUT2D eigenvalue weighted by Gasteiger charge is 2.07. The predicted molar refractivity (Wildman–Crippen MR) is 49.6 cm³/mol. The lowest BCUT2D eigenvalue weighted by Gasteiger charge is -2.16. The van der Waals surface area contributed by atoms with E-state index in [4.69, 9.17) is 0 Å². The largest absolute Gasteiger partial charge is 0.312 e. The molecule has 3 nitrogen and oxygen atoms in total. The van der Waals surface area contributed by atoms with Crippen molar-refractivity contribution < 1.29 is 4.79 Å². The first-order chi connectivity index (χ1) is 6.40. The number of nitrogens with one attached hydrogen (secondary N) is 1. The van der Waals surface area contributed by atoms with Gasteiger partial charge in [0.15, 0.2) is 0 Å². The number of hydrogen-bond donors (Lipinski definition) is 1. The molecule has 1 aliphatic rings. The fourth-order valence-corrected chi connectivity index (χ4v) is 1.59. The lowest BCUT2D eigenvalue weighted by atomic mass is 10.0. The van der Waals surface area contributed by atoms with Crippen LogP contribution in [-0.4, -0.2) is 12.6 Å². The van der Waals surface area contributed by atoms with Crippen molar-refractivity contribution in [2.24, 2.45) is 4.99 Å². The molecule has 1 aliphatic heterocycles. The summed E-state index contributed by atoms with van der Waals surface area (Å²) >= 11 is 0. The minimum absolute atomic E-state index is 0.704. The van der Waals surface area contributed by atoms with Gasteiger partial charge in [-0.05, 0) is 36.2 Å². The molecule has 2 rings (SSSR count). The molecule has 3 heteroatoms. The SMILES string of the molecule is O=C=Nc1ccc2c(c1)CCNC2. The van der Waals surface area contributed by atoms with Crippen molar-refractivity contribution >= 4 is 11.8 Å². The maximum Gasteiger partial charge on any atom is 0.240 e. The van der Waals surface area contributed by atoms with Crippen LogP contribution in [-0.2, 0) is 17.8 Å². The summed E-state index contributed by atoms with van der Waals surface area (Å²) in [4.78, 5) is 13.6. The van der Waals surface area contributed by atoms with Gasteiger partial charge < -0.3 is 5.32 Å². The summed E-state index contributed by atoms with van der Waals surface area (Å²) in [5.41, 5.74) is 3.29. The van der Waals surface area contributed by atoms with E-state index in [0.717, 1.165) is 19.5 Å². The standard InChI is InChI=1S/C10H10N2O/c13-7-12-10-2-1-9-6-11-4-3-8(9)5-10/h1-2,5,11H,3-4,6H2. The van der Waals surface area contributed by atoms with Crippen LogP contribution in [0.1, 0.15) is 11.1 Å². The van der Waals surface area contributed by atoms with E-state index in [0.29, 0.717) is 5.69 Å². The molecule has 0 amide bonds. The summed E-state index contributed by atoms with van der Waals surface area (Å²) in [6.45, 7) is 1.92. The number of fused-ring (bicyclic) bond motifs is 1. The fourth-order valence-electron chi connectivity index (χ4n) is 1.59. The molecule has 1 aromatic rings. The van der Waals surface area contributed by atoms with E-state index >= 15 is 0 Å². The van der Waals surface area contributed by atoms with E-state index in [2.05, 4.69) is 10.3 Å². The normalized spacial score (nSPS) is 14.5. The molecule has 66 valence electrons. The van der Waals surface area contributed by atoms with E-state index in [1.165, 1.54) is 11.1 Å². The predicted octanol–water partition coefficient (Wildman–Crippen LogP) is 1.30. The first-order valence-corrected chi connectivity index (χ1v) is 4.30. The van der Waals surface area contributed by atoms with Gasteiger partial charge in [-0.1, -0.05) is 6.07 Å². The quantitative estimate of drug-likeness (QED) is 0.515. The zero-order valence-corrected chi connectivity index (χ0v) is 7.21. The molecule has 0 aliphatic carbocycles. The Balaban J connectivity index is 2.40. The second-order valence-electron chi connectivity index (χ2n) is 3.08. The van der Waals surface area contributed by atoms with Gasteiger partial charge in [0.1, 0.15) is 0 Å². The molecule has 0 unspecified atom stereocenters. The van der Waals surface area contributed by atoms with Crippen molar-refractivity contribution in [1.82, 2.24) is 5.32 Å². The molecule has 13 heavy (non-hydrogen) atoms. The molecule has 0 atom stereocenters. The topological polar surface area (TPSA) is 41.5 Å². The Kier molecular flexibility index (Phi) is 2.21. The van der Waals surface area contributed by atoms with Crippen LogP contribution in [0.3, 0.4) is 0 Å². The summed E-state index contributed by atoms with van der Waals surface area (Å²) in [6, 6.07) is 5.81. The average Bonchev–Trinajstić information content (AvgIpc) is 2.18. The molecule has 0 radical (unpaired) electrons. The molecule has 0 saturated heterocycles. The van der Waals surface area contributed by atoms with Crippen molar-refractivity contribution in [3.05, 3.63) is 29.3 Å². The summed E-state index contributed by atoms with van der Waals surface area (Å²) < 4.78 is 0. The number of hydrogen-bond acceptors (Lipinski definition) is 3. The Morgan fingerprint density at radius 3 is 3.15 bits per heavy atom. The van der Waals surface area contributed by atoms with Crippen LogP contribution in [0.25, 0.3) is 0 Å². The lowest BCUT2D eigenvalue weighted by molar-refractivity contribution is 0.565. The van der Waals surface area contributed by atoms with Crippen molar-refractivity contribution in [2.75, 3.05) is 6.54 Å². The number of benzene rings is 1. The van der Waals surface area contributed by atoms with Gasteiger partial charge in [0, 0.05) is 6.54 Å². The molecular formula is C10H10N2O. The highest BCUT2D eigenvalue weighted by molar-refractivity contribution is 5.51. The first kappa shape index (κ1) is 8.17. The number of carbonyl (C=O) groups excluding carboxylic acids is 1. The van der Waals surface area contributed by atoms with Crippen LogP contribution in [0.15, 0.2) is 23.2 Å². The van der Waals surface area contributed by atoms with Crippen LogP contribution in [0, 0.1) is 0 Å². The molecular weight excluding hydrogens is 164 g/mol. The molecule has 0 spiro atoms. The van der Waals surface area contributed by atoms with E-state index in [-0.39, 0.29) is 0 Å². The van der Waals surface area contributed by atoms with Crippen LogP contribution >= 0.6 is 0 Å². The van der Waals surface area contributed by atoms with Crippen molar-refractivity contribution in [3.8, 4) is 0 Å².